The Morgan fingerprint density at radius 2 is 1.93 bits per heavy atom. The van der Waals surface area contributed by atoms with Crippen LogP contribution in [0.25, 0.3) is 0 Å². The monoisotopic (exact) mass is 443 g/mol. The zero-order chi connectivity index (χ0) is 21.6. The summed E-state index contributed by atoms with van der Waals surface area (Å²) in [5.74, 6) is -3.00. The molecule has 0 aliphatic carbocycles. The summed E-state index contributed by atoms with van der Waals surface area (Å²) in [6.07, 6.45) is 2.06. The van der Waals surface area contributed by atoms with Gasteiger partial charge in [-0.05, 0) is 42.7 Å². The predicted octanol–water partition coefficient (Wildman–Crippen LogP) is 4.02. The van der Waals surface area contributed by atoms with E-state index in [1.807, 2.05) is 6.26 Å². The normalized spacial score (nSPS) is 11.6. The Morgan fingerprint density at radius 1 is 1.21 bits per heavy atom. The second-order valence-electron chi connectivity index (χ2n) is 5.85. The van der Waals surface area contributed by atoms with E-state index < -0.39 is 40.1 Å². The van der Waals surface area contributed by atoms with Crippen molar-refractivity contribution in [3.05, 3.63) is 68.7 Å². The van der Waals surface area contributed by atoms with E-state index in [0.29, 0.717) is 5.75 Å². The van der Waals surface area contributed by atoms with E-state index in [9.17, 15) is 28.5 Å². The fourth-order valence-electron chi connectivity index (χ4n) is 2.34. The lowest BCUT2D eigenvalue weighted by Crippen LogP contribution is -2.44. The van der Waals surface area contributed by atoms with Gasteiger partial charge in [-0.15, -0.1) is 0 Å². The second kappa shape index (κ2) is 10.2. The van der Waals surface area contributed by atoms with E-state index in [4.69, 9.17) is 11.6 Å². The number of anilines is 1. The van der Waals surface area contributed by atoms with Gasteiger partial charge in [-0.3, -0.25) is 19.7 Å². The number of carbonyl (C=O) groups is 2. The Bertz CT molecular complexity index is 945. The zero-order valence-corrected chi connectivity index (χ0v) is 16.7. The van der Waals surface area contributed by atoms with Crippen molar-refractivity contribution in [2.24, 2.45) is 0 Å². The van der Waals surface area contributed by atoms with Crippen LogP contribution in [0.5, 0.6) is 0 Å². The molecular formula is C18H16ClF2N3O4S. The summed E-state index contributed by atoms with van der Waals surface area (Å²) in [5.41, 5.74) is -0.457. The quantitative estimate of drug-likeness (QED) is 0.474. The summed E-state index contributed by atoms with van der Waals surface area (Å²) in [6.45, 7) is 0. The molecule has 11 heteroatoms. The van der Waals surface area contributed by atoms with E-state index in [2.05, 4.69) is 10.6 Å². The van der Waals surface area contributed by atoms with Gasteiger partial charge in [0.05, 0.1) is 4.92 Å². The van der Waals surface area contributed by atoms with Crippen molar-refractivity contribution in [3.8, 4) is 0 Å². The maximum absolute atomic E-state index is 13.3. The lowest BCUT2D eigenvalue weighted by molar-refractivity contribution is -0.384. The summed E-state index contributed by atoms with van der Waals surface area (Å²) in [4.78, 5) is 35.3. The number of halogens is 3. The van der Waals surface area contributed by atoms with Gasteiger partial charge in [0.25, 0.3) is 11.6 Å². The molecule has 0 fully saturated rings. The van der Waals surface area contributed by atoms with Crippen molar-refractivity contribution in [2.45, 2.75) is 12.5 Å². The lowest BCUT2D eigenvalue weighted by Gasteiger charge is -2.18. The van der Waals surface area contributed by atoms with Crippen molar-refractivity contribution in [2.75, 3.05) is 17.3 Å². The van der Waals surface area contributed by atoms with Crippen molar-refractivity contribution >= 4 is 46.6 Å². The number of nitro groups is 1. The molecule has 0 aliphatic heterocycles. The molecule has 2 aromatic rings. The molecule has 0 saturated heterocycles. The van der Waals surface area contributed by atoms with E-state index in [0.717, 1.165) is 18.2 Å². The molecule has 0 saturated carbocycles. The first kappa shape index (κ1) is 22.6. The van der Waals surface area contributed by atoms with Crippen LogP contribution >= 0.6 is 23.4 Å². The van der Waals surface area contributed by atoms with Crippen LogP contribution in [0.15, 0.2) is 36.4 Å². The van der Waals surface area contributed by atoms with Crippen LogP contribution in [0.1, 0.15) is 16.8 Å². The summed E-state index contributed by atoms with van der Waals surface area (Å²) in [7, 11) is 0. The SMILES string of the molecule is CSCCC(NC(=O)c1ccc(Cl)c([N+](=O)[O-])c1)C(=O)Nc1ccc(F)c(F)c1. The molecule has 0 aromatic heterocycles. The average Bonchev–Trinajstić information content (AvgIpc) is 2.67. The highest BCUT2D eigenvalue weighted by Crippen LogP contribution is 2.25. The summed E-state index contributed by atoms with van der Waals surface area (Å²) in [6, 6.07) is 5.40. The molecule has 0 spiro atoms. The van der Waals surface area contributed by atoms with Crippen molar-refractivity contribution in [1.29, 1.82) is 0 Å². The highest BCUT2D eigenvalue weighted by molar-refractivity contribution is 7.98. The second-order valence-corrected chi connectivity index (χ2v) is 7.24. The molecule has 0 bridgehead atoms. The Morgan fingerprint density at radius 3 is 2.55 bits per heavy atom. The van der Waals surface area contributed by atoms with Crippen LogP contribution in [-0.2, 0) is 4.79 Å². The van der Waals surface area contributed by atoms with Gasteiger partial charge < -0.3 is 10.6 Å². The summed E-state index contributed by atoms with van der Waals surface area (Å²) >= 11 is 7.18. The zero-order valence-electron chi connectivity index (χ0n) is 15.1. The van der Waals surface area contributed by atoms with Crippen LogP contribution in [0.3, 0.4) is 0 Å². The molecule has 2 rings (SSSR count). The molecule has 2 N–H and O–H groups in total. The number of carbonyl (C=O) groups excluding carboxylic acids is 2. The maximum Gasteiger partial charge on any atom is 0.288 e. The minimum Gasteiger partial charge on any atom is -0.340 e. The first-order chi connectivity index (χ1) is 13.7. The number of nitrogens with one attached hydrogen (secondary N) is 2. The van der Waals surface area contributed by atoms with Crippen LogP contribution < -0.4 is 10.6 Å². The number of benzene rings is 2. The number of rotatable bonds is 8. The fraction of sp³-hybridized carbons (Fsp3) is 0.222. The third-order valence-corrected chi connectivity index (χ3v) is 4.79. The average molecular weight is 444 g/mol. The first-order valence-electron chi connectivity index (χ1n) is 8.22. The molecule has 1 unspecified atom stereocenters. The van der Waals surface area contributed by atoms with Crippen LogP contribution in [-0.4, -0.2) is 34.8 Å². The maximum atomic E-state index is 13.3. The number of hydrogen-bond donors (Lipinski definition) is 2. The van der Waals surface area contributed by atoms with E-state index in [1.165, 1.54) is 30.0 Å². The standard InChI is InChI=1S/C18H16ClF2N3O4S/c1-29-7-6-15(18(26)22-11-3-5-13(20)14(21)9-11)23-17(25)10-2-4-12(19)16(8-10)24(27)28/h2-5,8-9,15H,6-7H2,1H3,(H,22,26)(H,23,25). The lowest BCUT2D eigenvalue weighted by atomic mass is 10.1. The smallest absolute Gasteiger partial charge is 0.288 e. The van der Waals surface area contributed by atoms with Gasteiger partial charge in [0.1, 0.15) is 11.1 Å². The van der Waals surface area contributed by atoms with Crippen LogP contribution in [0, 0.1) is 21.7 Å². The van der Waals surface area contributed by atoms with Crippen LogP contribution in [0.2, 0.25) is 5.02 Å². The topological polar surface area (TPSA) is 101 Å². The minimum absolute atomic E-state index is 0.0273. The first-order valence-corrected chi connectivity index (χ1v) is 9.99. The molecule has 29 heavy (non-hydrogen) atoms. The largest absolute Gasteiger partial charge is 0.340 e. The highest BCUT2D eigenvalue weighted by atomic mass is 35.5. The molecule has 7 nitrogen and oxygen atoms in total. The molecule has 0 heterocycles. The van der Waals surface area contributed by atoms with Gasteiger partial charge >= 0.3 is 0 Å². The molecule has 0 aliphatic rings. The fourth-order valence-corrected chi connectivity index (χ4v) is 3.00. The van der Waals surface area contributed by atoms with Gasteiger partial charge in [0, 0.05) is 23.4 Å². The predicted molar refractivity (Wildman–Crippen MR) is 107 cm³/mol. The number of nitro benzene ring substituents is 1. The van der Waals surface area contributed by atoms with E-state index >= 15 is 0 Å². The minimum atomic E-state index is -1.12. The summed E-state index contributed by atoms with van der Waals surface area (Å²) < 4.78 is 26.4. The van der Waals surface area contributed by atoms with Gasteiger partial charge in [0.15, 0.2) is 11.6 Å². The number of nitrogens with zero attached hydrogens (tertiary/aromatic N) is 1. The third kappa shape index (κ3) is 6.13. The van der Waals surface area contributed by atoms with Crippen molar-refractivity contribution < 1.29 is 23.3 Å². The van der Waals surface area contributed by atoms with Crippen LogP contribution in [0.4, 0.5) is 20.2 Å². The van der Waals surface area contributed by atoms with E-state index in [1.54, 1.807) is 0 Å². The molecule has 1 atom stereocenters. The van der Waals surface area contributed by atoms with Gasteiger partial charge in [-0.1, -0.05) is 11.6 Å². The Kier molecular flexibility index (Phi) is 7.91. The summed E-state index contributed by atoms with van der Waals surface area (Å²) in [5, 5.41) is 15.8. The molecule has 0 radical (unpaired) electrons. The Labute approximate surface area is 174 Å². The molecule has 2 aromatic carbocycles. The number of amides is 2. The van der Waals surface area contributed by atoms with Gasteiger partial charge in [0.2, 0.25) is 5.91 Å². The highest BCUT2D eigenvalue weighted by Gasteiger charge is 2.23. The Balaban J connectivity index is 2.17. The molecular weight excluding hydrogens is 428 g/mol. The number of thioether (sulfide) groups is 1. The Hall–Kier alpha value is -2.72. The number of hydrogen-bond acceptors (Lipinski definition) is 5. The van der Waals surface area contributed by atoms with Gasteiger partial charge in [-0.25, -0.2) is 8.78 Å². The molecule has 2 amide bonds. The van der Waals surface area contributed by atoms with Gasteiger partial charge in [-0.2, -0.15) is 11.8 Å². The third-order valence-electron chi connectivity index (χ3n) is 3.82. The molecule has 154 valence electrons. The van der Waals surface area contributed by atoms with E-state index in [-0.39, 0.29) is 22.7 Å². The van der Waals surface area contributed by atoms with Crippen molar-refractivity contribution in [3.63, 3.8) is 0 Å². The van der Waals surface area contributed by atoms with Crippen molar-refractivity contribution in [1.82, 2.24) is 5.32 Å².